The van der Waals surface area contributed by atoms with E-state index in [9.17, 15) is 0 Å². The van der Waals surface area contributed by atoms with Crippen molar-refractivity contribution >= 4 is 10.8 Å². The van der Waals surface area contributed by atoms with Crippen molar-refractivity contribution in [3.05, 3.63) is 36.4 Å². The van der Waals surface area contributed by atoms with Crippen LogP contribution in [0.4, 0.5) is 0 Å². The predicted octanol–water partition coefficient (Wildman–Crippen LogP) is 3.06. The number of rotatable bonds is 40. The molecule has 14 nitrogen and oxygen atoms in total. The SMILES string of the molecule is C#CCOCCOCCOCCOCCOCCOCCOc1cccc2c(OCCOCCOCCOCCOCCOCCOCC#C)cccc12. The number of terminal acetylenes is 2. The summed E-state index contributed by atoms with van der Waals surface area (Å²) in [5, 5.41) is 1.93. The molecular formula is C40H60O14. The summed E-state index contributed by atoms with van der Waals surface area (Å²) >= 11 is 0. The van der Waals surface area contributed by atoms with Gasteiger partial charge in [0.15, 0.2) is 0 Å². The molecule has 304 valence electrons. The Kier molecular flexibility index (Phi) is 32.2. The van der Waals surface area contributed by atoms with Gasteiger partial charge in [-0.1, -0.05) is 36.1 Å². The minimum atomic E-state index is 0.301. The van der Waals surface area contributed by atoms with Gasteiger partial charge in [-0.05, 0) is 12.1 Å². The second-order valence-corrected chi connectivity index (χ2v) is 10.9. The lowest BCUT2D eigenvalue weighted by atomic mass is 10.1. The van der Waals surface area contributed by atoms with Crippen LogP contribution in [0.2, 0.25) is 0 Å². The van der Waals surface area contributed by atoms with Gasteiger partial charge in [-0.25, -0.2) is 0 Å². The van der Waals surface area contributed by atoms with E-state index in [1.165, 1.54) is 0 Å². The summed E-state index contributed by atoms with van der Waals surface area (Å²) in [4.78, 5) is 0. The molecule has 14 heteroatoms. The van der Waals surface area contributed by atoms with E-state index in [2.05, 4.69) is 11.8 Å². The topological polar surface area (TPSA) is 129 Å². The molecule has 0 unspecified atom stereocenters. The summed E-state index contributed by atoms with van der Waals surface area (Å²) < 4.78 is 77.3. The Labute approximate surface area is 321 Å². The lowest BCUT2D eigenvalue weighted by molar-refractivity contribution is -0.0167. The van der Waals surface area contributed by atoms with Crippen LogP contribution in [0.3, 0.4) is 0 Å². The van der Waals surface area contributed by atoms with Gasteiger partial charge in [0.25, 0.3) is 0 Å². The van der Waals surface area contributed by atoms with Gasteiger partial charge < -0.3 is 66.3 Å². The quantitative estimate of drug-likeness (QED) is 0.0729. The van der Waals surface area contributed by atoms with Crippen molar-refractivity contribution in [3.8, 4) is 36.2 Å². The van der Waals surface area contributed by atoms with Gasteiger partial charge in [0.1, 0.15) is 37.9 Å². The van der Waals surface area contributed by atoms with Gasteiger partial charge in [0.05, 0.1) is 145 Å². The minimum Gasteiger partial charge on any atom is -0.491 e. The van der Waals surface area contributed by atoms with Crippen LogP contribution in [0.1, 0.15) is 0 Å². The molecule has 0 bridgehead atoms. The van der Waals surface area contributed by atoms with Gasteiger partial charge in [-0.15, -0.1) is 12.8 Å². The van der Waals surface area contributed by atoms with Crippen LogP contribution >= 0.6 is 0 Å². The molecule has 0 aliphatic heterocycles. The second kappa shape index (κ2) is 36.9. The fourth-order valence-electron chi connectivity index (χ4n) is 4.39. The molecule has 0 aromatic heterocycles. The van der Waals surface area contributed by atoms with E-state index < -0.39 is 0 Å². The molecule has 0 amide bonds. The maximum absolute atomic E-state index is 6.02. The molecule has 2 aromatic carbocycles. The Bertz CT molecular complexity index is 1120. The average molecular weight is 765 g/mol. The molecule has 0 radical (unpaired) electrons. The highest BCUT2D eigenvalue weighted by atomic mass is 16.6. The number of hydrogen-bond acceptors (Lipinski definition) is 14. The zero-order valence-corrected chi connectivity index (χ0v) is 31.7. The molecule has 2 rings (SSSR count). The van der Waals surface area contributed by atoms with E-state index in [-0.39, 0.29) is 0 Å². The van der Waals surface area contributed by atoms with Crippen molar-refractivity contribution in [1.29, 1.82) is 0 Å². The fraction of sp³-hybridized carbons (Fsp3) is 0.650. The monoisotopic (exact) mass is 764 g/mol. The maximum atomic E-state index is 6.02. The lowest BCUT2D eigenvalue weighted by Gasteiger charge is -2.13. The summed E-state index contributed by atoms with van der Waals surface area (Å²) in [7, 11) is 0. The molecule has 0 fully saturated rings. The third-order valence-corrected chi connectivity index (χ3v) is 6.90. The maximum Gasteiger partial charge on any atom is 0.127 e. The van der Waals surface area contributed by atoms with Gasteiger partial charge in [0, 0.05) is 10.8 Å². The zero-order chi connectivity index (χ0) is 38.3. The highest BCUT2D eigenvalue weighted by molar-refractivity contribution is 5.93. The molecule has 0 heterocycles. The molecule has 0 saturated heterocycles. The van der Waals surface area contributed by atoms with E-state index in [0.29, 0.717) is 172 Å². The zero-order valence-electron chi connectivity index (χ0n) is 31.7. The Morgan fingerprint density at radius 2 is 0.519 bits per heavy atom. The first-order valence-electron chi connectivity index (χ1n) is 18.4. The van der Waals surface area contributed by atoms with Crippen molar-refractivity contribution in [1.82, 2.24) is 0 Å². The molecular weight excluding hydrogens is 704 g/mol. The number of fused-ring (bicyclic) bond motifs is 1. The third-order valence-electron chi connectivity index (χ3n) is 6.90. The normalized spacial score (nSPS) is 11.1. The largest absolute Gasteiger partial charge is 0.491 e. The summed E-state index contributed by atoms with van der Waals surface area (Å²) in [6, 6.07) is 11.8. The Morgan fingerprint density at radius 1 is 0.296 bits per heavy atom. The first-order valence-corrected chi connectivity index (χ1v) is 18.4. The summed E-state index contributed by atoms with van der Waals surface area (Å²) in [5.74, 6) is 6.34. The van der Waals surface area contributed by atoms with Crippen molar-refractivity contribution < 1.29 is 66.3 Å². The Hall–Kier alpha value is -3.06. The number of ether oxygens (including phenoxy) is 14. The molecule has 0 aliphatic rings. The third kappa shape index (κ3) is 26.7. The standard InChI is InChI=1S/C40H60O14/c1-3-11-41-13-15-43-17-19-45-21-23-47-25-27-49-29-31-51-33-35-53-39-9-5-8-38-37(39)7-6-10-40(38)54-36-34-52-32-30-50-28-26-48-24-22-46-20-18-44-16-14-42-12-4-2/h1-2,5-10H,11-36H2. The second-order valence-electron chi connectivity index (χ2n) is 10.9. The highest BCUT2D eigenvalue weighted by Gasteiger charge is 2.07. The van der Waals surface area contributed by atoms with E-state index in [1.54, 1.807) is 0 Å². The lowest BCUT2D eigenvalue weighted by Crippen LogP contribution is -2.15. The van der Waals surface area contributed by atoms with Gasteiger partial charge in [-0.2, -0.15) is 0 Å². The van der Waals surface area contributed by atoms with Crippen molar-refractivity contribution in [2.24, 2.45) is 0 Å². The molecule has 0 atom stereocenters. The summed E-state index contributed by atoms with van der Waals surface area (Å²) in [6.45, 7) is 12.1. The Morgan fingerprint density at radius 3 is 0.759 bits per heavy atom. The number of benzene rings is 2. The fourth-order valence-corrected chi connectivity index (χ4v) is 4.39. The van der Waals surface area contributed by atoms with Gasteiger partial charge in [-0.3, -0.25) is 0 Å². The molecule has 2 aromatic rings. The first kappa shape index (κ1) is 47.1. The van der Waals surface area contributed by atoms with Gasteiger partial charge >= 0.3 is 0 Å². The van der Waals surface area contributed by atoms with Crippen LogP contribution in [-0.4, -0.2) is 172 Å². The van der Waals surface area contributed by atoms with Crippen LogP contribution in [0.15, 0.2) is 36.4 Å². The molecule has 0 saturated carbocycles. The highest BCUT2D eigenvalue weighted by Crippen LogP contribution is 2.32. The first-order chi connectivity index (χ1) is 26.9. The minimum absolute atomic E-state index is 0.301. The van der Waals surface area contributed by atoms with Crippen molar-refractivity contribution in [2.45, 2.75) is 0 Å². The van der Waals surface area contributed by atoms with Crippen LogP contribution in [0.5, 0.6) is 11.5 Å². The Balaban J connectivity index is 1.39. The van der Waals surface area contributed by atoms with E-state index in [0.717, 1.165) is 22.3 Å². The van der Waals surface area contributed by atoms with Crippen LogP contribution in [-0.2, 0) is 56.8 Å². The summed E-state index contributed by atoms with van der Waals surface area (Å²) in [5.41, 5.74) is 0. The molecule has 0 N–H and O–H groups in total. The van der Waals surface area contributed by atoms with E-state index in [1.807, 2.05) is 36.4 Å². The van der Waals surface area contributed by atoms with Crippen molar-refractivity contribution in [3.63, 3.8) is 0 Å². The molecule has 0 aliphatic carbocycles. The molecule has 54 heavy (non-hydrogen) atoms. The van der Waals surface area contributed by atoms with Crippen LogP contribution in [0, 0.1) is 24.7 Å². The van der Waals surface area contributed by atoms with Gasteiger partial charge in [0.2, 0.25) is 0 Å². The van der Waals surface area contributed by atoms with E-state index in [4.69, 9.17) is 79.2 Å². The average Bonchev–Trinajstić information content (AvgIpc) is 3.19. The predicted molar refractivity (Wildman–Crippen MR) is 202 cm³/mol. The van der Waals surface area contributed by atoms with E-state index >= 15 is 0 Å². The van der Waals surface area contributed by atoms with Crippen LogP contribution < -0.4 is 9.47 Å². The van der Waals surface area contributed by atoms with Crippen LogP contribution in [0.25, 0.3) is 10.8 Å². The molecule has 0 spiro atoms. The number of hydrogen-bond donors (Lipinski definition) is 0. The smallest absolute Gasteiger partial charge is 0.127 e. The van der Waals surface area contributed by atoms with Crippen molar-refractivity contribution in [2.75, 3.05) is 172 Å². The summed E-state index contributed by atoms with van der Waals surface area (Å²) in [6.07, 6.45) is 10.2.